The average Bonchev–Trinajstić information content (AvgIpc) is 1.56. The second-order valence-electron chi connectivity index (χ2n) is 18.2. The summed E-state index contributed by atoms with van der Waals surface area (Å²) in [4.78, 5) is 14.2. The molecule has 9 nitrogen and oxygen atoms in total. The van der Waals surface area contributed by atoms with Gasteiger partial charge in [-0.2, -0.15) is 0 Å². The summed E-state index contributed by atoms with van der Waals surface area (Å²) in [5.74, 6) is -3.34. The molecule has 0 aliphatic heterocycles. The summed E-state index contributed by atoms with van der Waals surface area (Å²) < 4.78 is 125. The minimum atomic E-state index is -2.97. The number of halogens is 10. The van der Waals surface area contributed by atoms with Gasteiger partial charge in [0.15, 0.2) is 6.29 Å². The van der Waals surface area contributed by atoms with Gasteiger partial charge in [0.05, 0.1) is 51.0 Å². The van der Waals surface area contributed by atoms with Crippen LogP contribution < -0.4 is 0 Å². The highest BCUT2D eigenvalue weighted by molar-refractivity contribution is 9.11. The van der Waals surface area contributed by atoms with E-state index in [0.717, 1.165) is 69.8 Å². The van der Waals surface area contributed by atoms with E-state index in [1.165, 1.54) is 60.2 Å². The first kappa shape index (κ1) is 76.5. The van der Waals surface area contributed by atoms with Crippen molar-refractivity contribution < 1.29 is 62.7 Å². The molecule has 0 aliphatic rings. The van der Waals surface area contributed by atoms with E-state index in [1.807, 2.05) is 145 Å². The standard InChI is InChI=1S/C24H17F2NO.C14H9BrF2.C11H16BrO3P.C7H6Br2.C7H4F2O.C6H15O3P/c1-16-5-9-19(24-27-13-14-28-24)15-21(16)18-10-6-17(7-11-18)8-12-20-22(25)3-2-4-23(20)26;15-11-7-4-10(5-8-11)6-9-12-13(16)2-1-3-14(12)17;1-3-14-16(13,15-4-2)9-10-5-7-11(12)8-6-10;8-5-6-1-3-7(9)4-2-6;8-6-2-1-3-7(9)5(6)4-10;1-4-7-10(8-5-2)9-6-3/h2-15H,1H3;1-9H;5-8H,3-4,9H2,1-2H3;1-4H,5H2;1-4H;4-6H2,1-3H3/b12-8+;9-6+;;;;. The maximum Gasteiger partial charge on any atom is 0.335 e. The molecule has 0 radical (unpaired) electrons. The van der Waals surface area contributed by atoms with Gasteiger partial charge in [0.25, 0.3) is 0 Å². The van der Waals surface area contributed by atoms with Crippen molar-refractivity contribution in [3.63, 3.8) is 0 Å². The highest BCUT2D eigenvalue weighted by Crippen LogP contribution is 2.51. The zero-order valence-electron chi connectivity index (χ0n) is 50.0. The van der Waals surface area contributed by atoms with Gasteiger partial charge < -0.3 is 27.0 Å². The molecule has 0 aliphatic carbocycles. The number of benzene rings is 8. The lowest BCUT2D eigenvalue weighted by molar-refractivity contribution is 0.111. The number of aldehydes is 1. The number of alkyl halides is 1. The first-order valence-corrected chi connectivity index (χ1v) is 34.2. The number of nitrogens with zero attached hydrogens (tertiary/aromatic N) is 1. The maximum absolute atomic E-state index is 13.7. The van der Waals surface area contributed by atoms with E-state index in [0.29, 0.717) is 45.1 Å². The molecule has 9 aromatic rings. The van der Waals surface area contributed by atoms with Crippen molar-refractivity contribution in [3.05, 3.63) is 275 Å². The molecule has 0 saturated carbocycles. The molecule has 0 amide bonds. The molecule has 90 heavy (non-hydrogen) atoms. The second kappa shape index (κ2) is 42.3. The fraction of sp³-hybridized carbons (Fsp3) is 0.188. The van der Waals surface area contributed by atoms with E-state index in [4.69, 9.17) is 27.0 Å². The lowest BCUT2D eigenvalue weighted by Gasteiger charge is -2.16. The van der Waals surface area contributed by atoms with Crippen LogP contribution in [-0.2, 0) is 38.7 Å². The van der Waals surface area contributed by atoms with E-state index in [-0.39, 0.29) is 17.4 Å². The summed E-state index contributed by atoms with van der Waals surface area (Å²) in [5, 5.41) is 0.931. The zero-order valence-corrected chi connectivity index (χ0v) is 58.2. The van der Waals surface area contributed by atoms with Crippen molar-refractivity contribution in [3.8, 4) is 22.6 Å². The fourth-order valence-corrected chi connectivity index (χ4v) is 11.2. The molecule has 476 valence electrons. The van der Waals surface area contributed by atoms with Crippen molar-refractivity contribution in [1.82, 2.24) is 4.98 Å². The van der Waals surface area contributed by atoms with Gasteiger partial charge >= 0.3 is 16.2 Å². The topological polar surface area (TPSA) is 106 Å². The molecule has 0 N–H and O–H groups in total. The van der Waals surface area contributed by atoms with Crippen LogP contribution in [0.15, 0.2) is 200 Å². The number of rotatable bonds is 20. The van der Waals surface area contributed by atoms with Gasteiger partial charge in [0.2, 0.25) is 5.89 Å². The van der Waals surface area contributed by atoms with E-state index in [2.05, 4.69) is 80.8 Å². The van der Waals surface area contributed by atoms with E-state index >= 15 is 0 Å². The number of oxazole rings is 1. The van der Waals surface area contributed by atoms with E-state index in [1.54, 1.807) is 24.6 Å². The molecular formula is C69H67Br4F6NO8P2. The Bertz CT molecular complexity index is 3580. The number of hydrogen-bond donors (Lipinski definition) is 0. The van der Waals surface area contributed by atoms with Gasteiger partial charge in [-0.15, -0.1) is 0 Å². The van der Waals surface area contributed by atoms with Crippen LogP contribution in [0.4, 0.5) is 26.3 Å². The molecule has 0 atom stereocenters. The van der Waals surface area contributed by atoms with E-state index in [9.17, 15) is 35.7 Å². The lowest BCUT2D eigenvalue weighted by Crippen LogP contribution is -1.98. The molecule has 8 aromatic carbocycles. The van der Waals surface area contributed by atoms with Crippen LogP contribution in [0.2, 0.25) is 0 Å². The van der Waals surface area contributed by atoms with Crippen LogP contribution in [0.1, 0.15) is 83.9 Å². The summed E-state index contributed by atoms with van der Waals surface area (Å²) in [7, 11) is -4.03. The van der Waals surface area contributed by atoms with Crippen molar-refractivity contribution in [1.29, 1.82) is 0 Å². The first-order chi connectivity index (χ1) is 43.3. The molecule has 9 rings (SSSR count). The molecule has 0 spiro atoms. The molecule has 1 heterocycles. The Labute approximate surface area is 558 Å². The normalized spacial score (nSPS) is 10.9. The zero-order chi connectivity index (χ0) is 65.8. The Morgan fingerprint density at radius 1 is 0.500 bits per heavy atom. The van der Waals surface area contributed by atoms with Gasteiger partial charge in [-0.1, -0.05) is 161 Å². The summed E-state index contributed by atoms with van der Waals surface area (Å²) in [5.41, 5.74) is 7.58. The van der Waals surface area contributed by atoms with Crippen molar-refractivity contribution in [2.45, 2.75) is 53.0 Å². The number of carbonyl (C=O) groups is 1. The van der Waals surface area contributed by atoms with Gasteiger partial charge in [-0.3, -0.25) is 9.36 Å². The van der Waals surface area contributed by atoms with Crippen LogP contribution in [-0.4, -0.2) is 44.3 Å². The smallest absolute Gasteiger partial charge is 0.335 e. The fourth-order valence-electron chi connectivity index (χ4n) is 7.44. The molecular weight excluding hydrogens is 1470 g/mol. The second-order valence-corrected chi connectivity index (χ2v) is 24.8. The number of carbonyl (C=O) groups excluding carboxylic acids is 1. The molecule has 0 fully saturated rings. The molecule has 0 bridgehead atoms. The van der Waals surface area contributed by atoms with Crippen molar-refractivity contribution in [2.75, 3.05) is 33.0 Å². The number of aryl methyl sites for hydroxylation is 1. The van der Waals surface area contributed by atoms with Gasteiger partial charge in [-0.25, -0.2) is 31.3 Å². The summed E-state index contributed by atoms with van der Waals surface area (Å²) in [6.07, 6.45) is 9.91. The van der Waals surface area contributed by atoms with Gasteiger partial charge in [0, 0.05) is 35.4 Å². The van der Waals surface area contributed by atoms with E-state index < -0.39 is 56.7 Å². The predicted octanol–water partition coefficient (Wildman–Crippen LogP) is 23.3. The van der Waals surface area contributed by atoms with Crippen LogP contribution in [0.25, 0.3) is 46.9 Å². The van der Waals surface area contributed by atoms with Crippen molar-refractivity contribution >= 4 is 111 Å². The van der Waals surface area contributed by atoms with Crippen LogP contribution in [0, 0.1) is 41.8 Å². The van der Waals surface area contributed by atoms with Gasteiger partial charge in [0.1, 0.15) is 41.2 Å². The Morgan fingerprint density at radius 3 is 1.26 bits per heavy atom. The number of hydrogen-bond acceptors (Lipinski definition) is 9. The molecule has 0 saturated heterocycles. The minimum absolute atomic E-state index is 0.0181. The minimum Gasteiger partial charge on any atom is -0.445 e. The Kier molecular flexibility index (Phi) is 35.9. The lowest BCUT2D eigenvalue weighted by atomic mass is 9.97. The highest BCUT2D eigenvalue weighted by atomic mass is 79.9. The quantitative estimate of drug-likeness (QED) is 0.0242. The Morgan fingerprint density at radius 2 is 0.889 bits per heavy atom. The predicted molar refractivity (Wildman–Crippen MR) is 366 cm³/mol. The molecule has 21 heteroatoms. The largest absolute Gasteiger partial charge is 0.445 e. The third-order valence-electron chi connectivity index (χ3n) is 11.7. The third kappa shape index (κ3) is 27.5. The molecule has 1 aromatic heterocycles. The Balaban J connectivity index is 0.000000244. The first-order valence-electron chi connectivity index (χ1n) is 27.9. The maximum atomic E-state index is 13.7. The Hall–Kier alpha value is -5.92. The van der Waals surface area contributed by atoms with Crippen LogP contribution >= 0.6 is 79.9 Å². The summed E-state index contributed by atoms with van der Waals surface area (Å²) in [6.45, 7) is 14.2. The monoisotopic (exact) mass is 1530 g/mol. The number of aromatic nitrogens is 1. The SMILES string of the molecule is BrCc1ccc(Br)cc1.CCOP(=O)(Cc1ccc(Br)cc1)OCC.CCOP(OCC)OCC.Cc1ccc(-c2ncco2)cc1-c1ccc(/C=C/c2c(F)cccc2F)cc1.Fc1cccc(F)c1/C=C/c1ccc(Br)cc1.O=Cc1c(F)cccc1F. The van der Waals surface area contributed by atoms with Crippen molar-refractivity contribution in [2.24, 2.45) is 0 Å². The van der Waals surface area contributed by atoms with Gasteiger partial charge in [-0.05, 0) is 178 Å². The summed E-state index contributed by atoms with van der Waals surface area (Å²) in [6, 6.07) is 48.2. The van der Waals surface area contributed by atoms with Crippen LogP contribution in [0.5, 0.6) is 0 Å². The van der Waals surface area contributed by atoms with Crippen LogP contribution in [0.3, 0.4) is 0 Å². The molecule has 0 unspecified atom stereocenters. The summed E-state index contributed by atoms with van der Waals surface area (Å²) >= 11 is 13.4. The average molecular weight is 1530 g/mol. The third-order valence-corrected chi connectivity index (χ3v) is 17.4. The highest BCUT2D eigenvalue weighted by Gasteiger charge is 2.24.